The topological polar surface area (TPSA) is 152 Å². The van der Waals surface area contributed by atoms with Crippen molar-refractivity contribution in [1.29, 1.82) is 5.41 Å². The zero-order valence-electron chi connectivity index (χ0n) is 19.8. The summed E-state index contributed by atoms with van der Waals surface area (Å²) in [5.41, 5.74) is 5.37. The van der Waals surface area contributed by atoms with E-state index in [-0.39, 0.29) is 37.0 Å². The van der Waals surface area contributed by atoms with Crippen LogP contribution in [0.3, 0.4) is 0 Å². The highest BCUT2D eigenvalue weighted by molar-refractivity contribution is 5.91. The fourth-order valence-corrected chi connectivity index (χ4v) is 3.47. The number of nitrogens with two attached hydrogens (primary N) is 1. The number of ether oxygens (including phenoxy) is 1. The van der Waals surface area contributed by atoms with Gasteiger partial charge in [0.1, 0.15) is 18.4 Å². The molecule has 184 valence electrons. The van der Waals surface area contributed by atoms with Crippen molar-refractivity contribution >= 4 is 34.0 Å². The second-order valence-corrected chi connectivity index (χ2v) is 8.10. The van der Waals surface area contributed by atoms with Crippen molar-refractivity contribution in [2.75, 3.05) is 25.0 Å². The lowest BCUT2D eigenvalue weighted by Crippen LogP contribution is -2.40. The summed E-state index contributed by atoms with van der Waals surface area (Å²) in [5.74, 6) is -0.160. The van der Waals surface area contributed by atoms with Gasteiger partial charge in [0.05, 0.1) is 13.1 Å². The summed E-state index contributed by atoms with van der Waals surface area (Å²) in [5, 5.41) is 15.1. The molecule has 1 amide bonds. The lowest BCUT2D eigenvalue weighted by Gasteiger charge is -2.18. The van der Waals surface area contributed by atoms with E-state index in [1.54, 1.807) is 19.9 Å². The third-order valence-electron chi connectivity index (χ3n) is 5.49. The van der Waals surface area contributed by atoms with Gasteiger partial charge in [0.2, 0.25) is 5.91 Å². The van der Waals surface area contributed by atoms with E-state index in [4.69, 9.17) is 15.9 Å². The van der Waals surface area contributed by atoms with E-state index in [2.05, 4.69) is 15.6 Å². The molecule has 1 aromatic heterocycles. The number of rotatable bonds is 12. The average Bonchev–Trinajstić information content (AvgIpc) is 2.86. The van der Waals surface area contributed by atoms with Crippen molar-refractivity contribution in [3.8, 4) is 5.75 Å². The number of nitrogens with zero attached hydrogens (tertiary/aromatic N) is 2. The van der Waals surface area contributed by atoms with Gasteiger partial charge in [-0.15, -0.1) is 0 Å². The van der Waals surface area contributed by atoms with Crippen molar-refractivity contribution in [3.63, 3.8) is 0 Å². The first-order valence-electron chi connectivity index (χ1n) is 11.4. The molecule has 0 aliphatic carbocycles. The van der Waals surface area contributed by atoms with E-state index in [1.807, 2.05) is 36.4 Å². The summed E-state index contributed by atoms with van der Waals surface area (Å²) in [6.45, 7) is 3.09. The van der Waals surface area contributed by atoms with Crippen LogP contribution in [0.15, 0.2) is 59.7 Å². The smallest absolute Gasteiger partial charge is 0.294 e. The highest BCUT2D eigenvalue weighted by Crippen LogP contribution is 2.25. The largest absolute Gasteiger partial charge is 0.485 e. The van der Waals surface area contributed by atoms with Gasteiger partial charge in [0, 0.05) is 29.5 Å². The zero-order chi connectivity index (χ0) is 25.4. The first-order chi connectivity index (χ1) is 16.8. The van der Waals surface area contributed by atoms with Crippen LogP contribution in [-0.4, -0.2) is 52.7 Å². The van der Waals surface area contributed by atoms with Crippen LogP contribution in [0.2, 0.25) is 0 Å². The monoisotopic (exact) mass is 478 g/mol. The zero-order valence-corrected chi connectivity index (χ0v) is 19.8. The molecule has 0 saturated carbocycles. The van der Waals surface area contributed by atoms with Gasteiger partial charge in [-0.05, 0) is 24.8 Å². The van der Waals surface area contributed by atoms with Crippen molar-refractivity contribution in [1.82, 2.24) is 14.9 Å². The van der Waals surface area contributed by atoms with E-state index >= 15 is 0 Å². The van der Waals surface area contributed by atoms with Crippen LogP contribution in [-0.2, 0) is 9.59 Å². The van der Waals surface area contributed by atoms with Gasteiger partial charge in [-0.2, -0.15) is 0 Å². The molecule has 10 nitrogen and oxygen atoms in total. The average molecular weight is 479 g/mol. The summed E-state index contributed by atoms with van der Waals surface area (Å²) in [6.07, 6.45) is 3.15. The van der Waals surface area contributed by atoms with Crippen LogP contribution in [0.5, 0.6) is 5.75 Å². The number of Topliss-reactive ketones (excluding diaryl/α,β-unsaturated/α-hetero) is 1. The molecule has 2 atom stereocenters. The summed E-state index contributed by atoms with van der Waals surface area (Å²) in [4.78, 5) is 42.0. The van der Waals surface area contributed by atoms with Gasteiger partial charge in [-0.1, -0.05) is 43.3 Å². The first-order valence-corrected chi connectivity index (χ1v) is 11.4. The standard InChI is InChI=1S/C25H30N6O4/c1-3-21(31-12-11-28-23(25(31)34)29-14-20(27)16(2)26)24(33)30-13-18(32)15-35-22-10-6-8-17-7-4-5-9-19(17)22/h4-12,16,21,27H,3,13-15,26H2,1-2H3,(H,28,29)(H,30,33). The summed E-state index contributed by atoms with van der Waals surface area (Å²) in [7, 11) is 0. The van der Waals surface area contributed by atoms with Crippen molar-refractivity contribution in [3.05, 3.63) is 65.2 Å². The molecular formula is C25H30N6O4. The lowest BCUT2D eigenvalue weighted by molar-refractivity contribution is -0.128. The van der Waals surface area contributed by atoms with Gasteiger partial charge in [-0.3, -0.25) is 19.0 Å². The number of nitrogens with one attached hydrogen (secondary N) is 3. The van der Waals surface area contributed by atoms with E-state index in [9.17, 15) is 14.4 Å². The fraction of sp³-hybridized carbons (Fsp3) is 0.320. The van der Waals surface area contributed by atoms with Gasteiger partial charge in [0.25, 0.3) is 5.56 Å². The van der Waals surface area contributed by atoms with E-state index in [0.717, 1.165) is 10.8 Å². The number of carbonyl (C=O) groups is 2. The minimum atomic E-state index is -0.828. The minimum Gasteiger partial charge on any atom is -0.485 e. The van der Waals surface area contributed by atoms with Crippen LogP contribution < -0.4 is 26.7 Å². The Hall–Kier alpha value is -4.05. The van der Waals surface area contributed by atoms with E-state index in [0.29, 0.717) is 12.2 Å². The summed E-state index contributed by atoms with van der Waals surface area (Å²) in [6, 6.07) is 12.0. The number of anilines is 1. The van der Waals surface area contributed by atoms with Gasteiger partial charge < -0.3 is 26.5 Å². The predicted octanol–water partition coefficient (Wildman–Crippen LogP) is 1.89. The number of ketones is 1. The molecule has 0 aliphatic rings. The number of fused-ring (bicyclic) bond motifs is 1. The first kappa shape index (κ1) is 25.6. The Morgan fingerprint density at radius 2 is 1.91 bits per heavy atom. The molecule has 35 heavy (non-hydrogen) atoms. The molecule has 2 aromatic carbocycles. The number of benzene rings is 2. The molecule has 0 radical (unpaired) electrons. The third-order valence-corrected chi connectivity index (χ3v) is 5.49. The van der Waals surface area contributed by atoms with Gasteiger partial charge >= 0.3 is 0 Å². The fourth-order valence-electron chi connectivity index (χ4n) is 3.47. The molecule has 0 aliphatic heterocycles. The second-order valence-electron chi connectivity index (χ2n) is 8.10. The van der Waals surface area contributed by atoms with Crippen molar-refractivity contribution < 1.29 is 14.3 Å². The summed E-state index contributed by atoms with van der Waals surface area (Å²) >= 11 is 0. The van der Waals surface area contributed by atoms with Crippen LogP contribution in [0.4, 0.5) is 5.82 Å². The molecule has 0 spiro atoms. The van der Waals surface area contributed by atoms with Gasteiger partial charge in [0.15, 0.2) is 11.6 Å². The SMILES string of the molecule is CCC(C(=O)NCC(=O)COc1cccc2ccccc12)n1ccnc(NCC(=N)C(C)N)c1=O. The Labute approximate surface area is 203 Å². The quantitative estimate of drug-likeness (QED) is 0.290. The van der Waals surface area contributed by atoms with Gasteiger partial charge in [-0.25, -0.2) is 4.98 Å². The predicted molar refractivity (Wildman–Crippen MR) is 135 cm³/mol. The molecule has 0 bridgehead atoms. The number of amides is 1. The number of hydrogen-bond acceptors (Lipinski definition) is 8. The highest BCUT2D eigenvalue weighted by Gasteiger charge is 2.21. The highest BCUT2D eigenvalue weighted by atomic mass is 16.5. The Morgan fingerprint density at radius 1 is 1.17 bits per heavy atom. The maximum atomic E-state index is 12.8. The Kier molecular flexibility index (Phi) is 8.69. The number of carbonyl (C=O) groups excluding carboxylic acids is 2. The molecular weight excluding hydrogens is 448 g/mol. The molecule has 0 saturated heterocycles. The van der Waals surface area contributed by atoms with Crippen molar-refractivity contribution in [2.45, 2.75) is 32.4 Å². The van der Waals surface area contributed by atoms with E-state index in [1.165, 1.54) is 17.0 Å². The van der Waals surface area contributed by atoms with Crippen LogP contribution in [0, 0.1) is 5.41 Å². The van der Waals surface area contributed by atoms with E-state index < -0.39 is 23.6 Å². The lowest BCUT2D eigenvalue weighted by atomic mass is 10.1. The number of aromatic nitrogens is 2. The second kappa shape index (κ2) is 11.9. The van der Waals surface area contributed by atoms with Crippen LogP contribution >= 0.6 is 0 Å². The molecule has 1 heterocycles. The molecule has 10 heteroatoms. The summed E-state index contributed by atoms with van der Waals surface area (Å²) < 4.78 is 6.94. The molecule has 3 rings (SSSR count). The minimum absolute atomic E-state index is 0.0173. The molecule has 5 N–H and O–H groups in total. The molecule has 0 fully saturated rings. The molecule has 2 unspecified atom stereocenters. The maximum absolute atomic E-state index is 12.8. The Bertz CT molecular complexity index is 1260. The molecule has 3 aromatic rings. The normalized spacial score (nSPS) is 12.5. The number of hydrogen-bond donors (Lipinski definition) is 4. The van der Waals surface area contributed by atoms with Crippen molar-refractivity contribution in [2.24, 2.45) is 5.73 Å². The van der Waals surface area contributed by atoms with Crippen LogP contribution in [0.1, 0.15) is 26.3 Å². The maximum Gasteiger partial charge on any atom is 0.294 e. The Morgan fingerprint density at radius 3 is 2.66 bits per heavy atom. The Balaban J connectivity index is 1.59. The third kappa shape index (κ3) is 6.51. The van der Waals surface area contributed by atoms with Crippen LogP contribution in [0.25, 0.3) is 10.8 Å².